The van der Waals surface area contributed by atoms with Crippen LogP contribution in [0, 0.1) is 0 Å². The Balaban J connectivity index is 1.58. The average molecular weight is 457 g/mol. The van der Waals surface area contributed by atoms with Gasteiger partial charge in [-0.1, -0.05) is 24.3 Å². The minimum absolute atomic E-state index is 0.00275. The molecular weight excluding hydrogens is 428 g/mol. The van der Waals surface area contributed by atoms with Gasteiger partial charge in [0.2, 0.25) is 0 Å². The quantitative estimate of drug-likeness (QED) is 0.409. The number of aliphatic hydroxyl groups excluding tert-OH is 1. The molecule has 4 aromatic rings. The van der Waals surface area contributed by atoms with Crippen molar-refractivity contribution in [3.05, 3.63) is 64.7 Å². The Morgan fingerprint density at radius 3 is 2.79 bits per heavy atom. The van der Waals surface area contributed by atoms with E-state index in [-0.39, 0.29) is 12.5 Å². The van der Waals surface area contributed by atoms with Gasteiger partial charge in [-0.15, -0.1) is 0 Å². The molecule has 0 saturated carbocycles. The second kappa shape index (κ2) is 8.46. The van der Waals surface area contributed by atoms with Crippen molar-refractivity contribution in [3.63, 3.8) is 0 Å². The number of aliphatic hydroxyl groups is 1. The third kappa shape index (κ3) is 3.13. The summed E-state index contributed by atoms with van der Waals surface area (Å²) in [5, 5.41) is 15.3. The van der Waals surface area contributed by atoms with E-state index in [4.69, 9.17) is 9.47 Å². The first kappa shape index (κ1) is 21.2. The van der Waals surface area contributed by atoms with Crippen LogP contribution in [0.5, 0.6) is 5.75 Å². The summed E-state index contributed by atoms with van der Waals surface area (Å²) < 4.78 is 13.5. The molecule has 6 nitrogen and oxygen atoms in total. The molecule has 1 aromatic heterocycles. The highest BCUT2D eigenvalue weighted by Gasteiger charge is 2.34. The number of aryl methyl sites for hydroxylation is 2. The van der Waals surface area contributed by atoms with Gasteiger partial charge in [0.25, 0.3) is 5.91 Å². The van der Waals surface area contributed by atoms with Gasteiger partial charge in [0.15, 0.2) is 0 Å². The highest BCUT2D eigenvalue weighted by atomic mass is 16.5. The van der Waals surface area contributed by atoms with Crippen molar-refractivity contribution in [1.82, 2.24) is 9.88 Å². The Kier molecular flexibility index (Phi) is 5.27. The van der Waals surface area contributed by atoms with Gasteiger partial charge in [-0.05, 0) is 60.2 Å². The van der Waals surface area contributed by atoms with E-state index in [1.807, 2.05) is 25.1 Å². The molecule has 6 heteroatoms. The van der Waals surface area contributed by atoms with Crippen LogP contribution in [0.1, 0.15) is 34.0 Å². The number of nitrogens with one attached hydrogen (secondary N) is 1. The second-order valence-corrected chi connectivity index (χ2v) is 8.87. The maximum absolute atomic E-state index is 13.1. The lowest BCUT2D eigenvalue weighted by atomic mass is 9.80. The van der Waals surface area contributed by atoms with Crippen molar-refractivity contribution in [3.8, 4) is 16.9 Å². The summed E-state index contributed by atoms with van der Waals surface area (Å²) in [7, 11) is 0. The molecule has 0 fully saturated rings. The molecule has 0 saturated heterocycles. The first-order chi connectivity index (χ1) is 16.7. The number of fused-ring (bicyclic) bond motifs is 10. The Morgan fingerprint density at radius 2 is 1.94 bits per heavy atom. The number of aromatic nitrogens is 1. The van der Waals surface area contributed by atoms with E-state index in [0.717, 1.165) is 62.7 Å². The molecule has 174 valence electrons. The second-order valence-electron chi connectivity index (χ2n) is 8.87. The van der Waals surface area contributed by atoms with Crippen LogP contribution in [0.4, 0.5) is 0 Å². The summed E-state index contributed by atoms with van der Waals surface area (Å²) in [4.78, 5) is 13.1. The lowest BCUT2D eigenvalue weighted by molar-refractivity contribution is 0.0966. The van der Waals surface area contributed by atoms with E-state index in [1.165, 1.54) is 11.1 Å². The van der Waals surface area contributed by atoms with Crippen LogP contribution >= 0.6 is 0 Å². The third-order valence-electron chi connectivity index (χ3n) is 7.08. The number of carbonyl (C=O) groups is 1. The molecular formula is C28H28N2O4. The fourth-order valence-electron chi connectivity index (χ4n) is 5.76. The predicted octanol–water partition coefficient (Wildman–Crippen LogP) is 4.21. The lowest BCUT2D eigenvalue weighted by Gasteiger charge is -2.25. The topological polar surface area (TPSA) is 72.7 Å². The molecule has 0 radical (unpaired) electrons. The zero-order valence-electron chi connectivity index (χ0n) is 19.3. The number of hydrogen-bond acceptors (Lipinski definition) is 4. The van der Waals surface area contributed by atoms with Crippen LogP contribution in [-0.4, -0.2) is 42.0 Å². The van der Waals surface area contributed by atoms with Crippen LogP contribution in [0.2, 0.25) is 0 Å². The first-order valence-electron chi connectivity index (χ1n) is 12.0. The molecule has 1 aliphatic carbocycles. The van der Waals surface area contributed by atoms with Crippen molar-refractivity contribution in [1.29, 1.82) is 0 Å². The normalized spacial score (nSPS) is 14.2. The minimum Gasteiger partial charge on any atom is -0.491 e. The zero-order chi connectivity index (χ0) is 23.2. The molecule has 0 unspecified atom stereocenters. The number of para-hydroxylation sites is 1. The minimum atomic E-state index is -0.00275. The van der Waals surface area contributed by atoms with Gasteiger partial charge < -0.3 is 24.5 Å². The van der Waals surface area contributed by atoms with Gasteiger partial charge in [-0.2, -0.15) is 0 Å². The Hall–Kier alpha value is -3.35. The van der Waals surface area contributed by atoms with Crippen molar-refractivity contribution < 1.29 is 19.4 Å². The van der Waals surface area contributed by atoms with Gasteiger partial charge >= 0.3 is 0 Å². The van der Waals surface area contributed by atoms with E-state index in [1.54, 1.807) is 0 Å². The highest BCUT2D eigenvalue weighted by Crippen LogP contribution is 2.47. The van der Waals surface area contributed by atoms with Gasteiger partial charge in [-0.3, -0.25) is 4.79 Å². The maximum Gasteiger partial charge on any atom is 0.252 e. The smallest absolute Gasteiger partial charge is 0.252 e. The van der Waals surface area contributed by atoms with Gasteiger partial charge in [0.05, 0.1) is 24.3 Å². The van der Waals surface area contributed by atoms with E-state index < -0.39 is 0 Å². The first-order valence-corrected chi connectivity index (χ1v) is 12.0. The van der Waals surface area contributed by atoms with Crippen molar-refractivity contribution >= 4 is 27.7 Å². The van der Waals surface area contributed by atoms with Crippen LogP contribution < -0.4 is 10.1 Å². The fraction of sp³-hybridized carbons (Fsp3) is 0.321. The molecule has 34 heavy (non-hydrogen) atoms. The van der Waals surface area contributed by atoms with E-state index in [2.05, 4.69) is 34.1 Å². The molecule has 3 aromatic carbocycles. The van der Waals surface area contributed by atoms with Crippen LogP contribution in [-0.2, 0) is 30.7 Å². The number of rotatable bonds is 7. The van der Waals surface area contributed by atoms with Crippen molar-refractivity contribution in [2.24, 2.45) is 0 Å². The summed E-state index contributed by atoms with van der Waals surface area (Å²) in [6.07, 6.45) is 1.71. The number of amides is 1. The average Bonchev–Trinajstić information content (AvgIpc) is 3.40. The number of carbonyl (C=O) groups excluding carboxylic acids is 1. The summed E-state index contributed by atoms with van der Waals surface area (Å²) >= 11 is 0. The van der Waals surface area contributed by atoms with Crippen molar-refractivity contribution in [2.75, 3.05) is 26.4 Å². The van der Waals surface area contributed by atoms with Crippen LogP contribution in [0.15, 0.2) is 42.5 Å². The number of benzene rings is 3. The largest absolute Gasteiger partial charge is 0.491 e. The molecule has 2 heterocycles. The molecule has 6 rings (SSSR count). The Labute approximate surface area is 198 Å². The predicted molar refractivity (Wildman–Crippen MR) is 133 cm³/mol. The molecule has 1 aliphatic heterocycles. The van der Waals surface area contributed by atoms with Crippen molar-refractivity contribution in [2.45, 2.75) is 32.9 Å². The van der Waals surface area contributed by atoms with Crippen LogP contribution in [0.25, 0.3) is 32.9 Å². The molecule has 2 aliphatic rings. The van der Waals surface area contributed by atoms with Gasteiger partial charge in [-0.25, -0.2) is 0 Å². The summed E-state index contributed by atoms with van der Waals surface area (Å²) in [6, 6.07) is 14.5. The van der Waals surface area contributed by atoms with Crippen LogP contribution in [0.3, 0.4) is 0 Å². The molecule has 0 spiro atoms. The zero-order valence-corrected chi connectivity index (χ0v) is 19.3. The summed E-state index contributed by atoms with van der Waals surface area (Å²) in [5.41, 5.74) is 8.68. The molecule has 0 bridgehead atoms. The number of hydrogen-bond donors (Lipinski definition) is 2. The lowest BCUT2D eigenvalue weighted by Crippen LogP contribution is -2.16. The molecule has 0 atom stereocenters. The summed E-state index contributed by atoms with van der Waals surface area (Å²) in [5.74, 6) is 0.829. The third-order valence-corrected chi connectivity index (χ3v) is 7.08. The molecule has 2 N–H and O–H groups in total. The van der Waals surface area contributed by atoms with E-state index in [0.29, 0.717) is 32.9 Å². The fourth-order valence-corrected chi connectivity index (χ4v) is 5.76. The number of ether oxygens (including phenoxy) is 2. The standard InChI is InChI=1S/C28H28N2O4/c1-2-33-13-14-34-18-8-10-19-17(15-18)7-9-21-24(19)26-22(16-29-28(26)32)25-20-5-3-4-6-23(20)30(11-12-31)27(21)25/h3-6,8,10,15,31H,2,7,9,11-14,16H2,1H3,(H,29,32). The van der Waals surface area contributed by atoms with E-state index >= 15 is 0 Å². The van der Waals surface area contributed by atoms with Gasteiger partial charge in [0.1, 0.15) is 12.4 Å². The number of nitrogens with zero attached hydrogens (tertiary/aromatic N) is 1. The monoisotopic (exact) mass is 456 g/mol. The Morgan fingerprint density at radius 1 is 1.06 bits per heavy atom. The summed E-state index contributed by atoms with van der Waals surface area (Å²) in [6.45, 7) is 4.85. The Bertz CT molecular complexity index is 1440. The van der Waals surface area contributed by atoms with E-state index in [9.17, 15) is 9.90 Å². The maximum atomic E-state index is 13.1. The molecule has 1 amide bonds. The SMILES string of the molecule is CCOCCOc1ccc2c(c1)CCc1c-2c2c(c3c4ccccc4n(CCO)c13)CNC2=O. The highest BCUT2D eigenvalue weighted by molar-refractivity contribution is 6.19. The van der Waals surface area contributed by atoms with Gasteiger partial charge in [0, 0.05) is 41.5 Å².